The summed E-state index contributed by atoms with van der Waals surface area (Å²) < 4.78 is 1.50. The number of hydrogen-bond acceptors (Lipinski definition) is 4. The number of carbonyl (C=O) groups excluding carboxylic acids is 1. The van der Waals surface area contributed by atoms with Crippen LogP contribution in [-0.4, -0.2) is 15.5 Å². The number of aryl methyl sites for hydroxylation is 4. The second-order valence-electron chi connectivity index (χ2n) is 9.16. The number of fused-ring (bicyclic) bond motifs is 2. The first-order valence-electron chi connectivity index (χ1n) is 12.0. The maximum Gasteiger partial charge on any atom is 0.263 e. The highest BCUT2D eigenvalue weighted by Crippen LogP contribution is 2.34. The summed E-state index contributed by atoms with van der Waals surface area (Å²) in [4.78, 5) is 32.3. The number of nitrogens with zero attached hydrogens (tertiary/aromatic N) is 2. The minimum atomic E-state index is -0.639. The molecule has 0 saturated carbocycles. The molecule has 6 heteroatoms. The molecule has 0 spiro atoms. The van der Waals surface area contributed by atoms with Crippen LogP contribution in [0.3, 0.4) is 0 Å². The molecular weight excluding hydrogens is 442 g/mol. The van der Waals surface area contributed by atoms with Crippen LogP contribution >= 0.6 is 11.3 Å². The minimum absolute atomic E-state index is 0.164. The van der Waals surface area contributed by atoms with Gasteiger partial charge < -0.3 is 5.32 Å². The number of anilines is 1. The second kappa shape index (κ2) is 9.18. The highest BCUT2D eigenvalue weighted by molar-refractivity contribution is 7.17. The van der Waals surface area contributed by atoms with Gasteiger partial charge in [0.25, 0.3) is 5.56 Å². The molecule has 0 saturated heterocycles. The maximum absolute atomic E-state index is 13.7. The summed E-state index contributed by atoms with van der Waals surface area (Å²) in [6.45, 7) is 5.86. The average Bonchev–Trinajstić information content (AvgIpc) is 3.28. The van der Waals surface area contributed by atoms with Gasteiger partial charge in [0.1, 0.15) is 10.9 Å². The summed E-state index contributed by atoms with van der Waals surface area (Å²) in [5, 5.41) is 5.67. The normalized spacial score (nSPS) is 14.1. The topological polar surface area (TPSA) is 64.0 Å². The molecular formula is C28H29N3O2S. The molecule has 2 aromatic carbocycles. The number of nitrogens with one attached hydrogen (secondary N) is 1. The molecule has 34 heavy (non-hydrogen) atoms. The zero-order valence-corrected chi connectivity index (χ0v) is 20.7. The monoisotopic (exact) mass is 471 g/mol. The average molecular weight is 472 g/mol. The Hall–Kier alpha value is -3.25. The van der Waals surface area contributed by atoms with Crippen molar-refractivity contribution in [2.24, 2.45) is 0 Å². The van der Waals surface area contributed by atoms with Gasteiger partial charge in [-0.3, -0.25) is 14.2 Å². The Labute approximate surface area is 203 Å². The zero-order chi connectivity index (χ0) is 23.8. The van der Waals surface area contributed by atoms with Crippen LogP contribution < -0.4 is 10.9 Å². The Kier molecular flexibility index (Phi) is 6.09. The van der Waals surface area contributed by atoms with Crippen LogP contribution in [-0.2, 0) is 17.6 Å². The standard InChI is InChI=1S/C28H29N3O2S/c1-4-23(26(32)30-25-17(2)8-7-9-18(25)3)31-16-29-27-24(28(31)33)22(15-34-27)21-13-12-19-10-5-6-11-20(19)14-21/h7-9,12-16,23H,4-6,10-11H2,1-3H3,(H,30,32). The summed E-state index contributed by atoms with van der Waals surface area (Å²) in [5.74, 6) is -0.200. The van der Waals surface area contributed by atoms with Crippen LogP contribution in [0.4, 0.5) is 5.69 Å². The molecule has 0 aliphatic heterocycles. The third-order valence-electron chi connectivity index (χ3n) is 6.93. The molecule has 1 aliphatic rings. The molecule has 0 bridgehead atoms. The zero-order valence-electron chi connectivity index (χ0n) is 19.9. The van der Waals surface area contributed by atoms with E-state index in [4.69, 9.17) is 0 Å². The fraction of sp³-hybridized carbons (Fsp3) is 0.321. The first-order chi connectivity index (χ1) is 16.5. The fourth-order valence-corrected chi connectivity index (χ4v) is 5.91. The smallest absolute Gasteiger partial charge is 0.263 e. The molecule has 2 heterocycles. The van der Waals surface area contributed by atoms with Crippen LogP contribution in [0.25, 0.3) is 21.3 Å². The fourth-order valence-electron chi connectivity index (χ4n) is 5.01. The summed E-state index contributed by atoms with van der Waals surface area (Å²) in [6, 6.07) is 11.8. The van der Waals surface area contributed by atoms with E-state index >= 15 is 0 Å². The summed E-state index contributed by atoms with van der Waals surface area (Å²) in [6.07, 6.45) is 6.68. The first kappa shape index (κ1) is 22.5. The molecule has 4 aromatic rings. The SMILES string of the molecule is CCC(C(=O)Nc1c(C)cccc1C)n1cnc2scc(-c3ccc4c(c3)CCCC4)c2c1=O. The largest absolute Gasteiger partial charge is 0.324 e. The van der Waals surface area contributed by atoms with Crippen molar-refractivity contribution in [2.75, 3.05) is 5.32 Å². The number of rotatable bonds is 5. The Morgan fingerprint density at radius 3 is 2.59 bits per heavy atom. The van der Waals surface area contributed by atoms with E-state index in [1.807, 2.05) is 44.4 Å². The predicted octanol–water partition coefficient (Wildman–Crippen LogP) is 6.21. The van der Waals surface area contributed by atoms with Crippen LogP contribution in [0.5, 0.6) is 0 Å². The van der Waals surface area contributed by atoms with E-state index in [2.05, 4.69) is 28.5 Å². The van der Waals surface area contributed by atoms with Gasteiger partial charge in [-0.25, -0.2) is 4.98 Å². The van der Waals surface area contributed by atoms with E-state index in [1.165, 1.54) is 46.2 Å². The molecule has 5 rings (SSSR count). The number of benzene rings is 2. The van der Waals surface area contributed by atoms with Crippen molar-refractivity contribution in [3.8, 4) is 11.1 Å². The van der Waals surface area contributed by atoms with Gasteiger partial charge in [-0.1, -0.05) is 43.3 Å². The van der Waals surface area contributed by atoms with E-state index in [-0.39, 0.29) is 11.5 Å². The lowest BCUT2D eigenvalue weighted by atomic mass is 9.89. The van der Waals surface area contributed by atoms with Gasteiger partial charge in [-0.2, -0.15) is 0 Å². The number of hydrogen-bond donors (Lipinski definition) is 1. The van der Waals surface area contributed by atoms with E-state index in [0.29, 0.717) is 16.6 Å². The summed E-state index contributed by atoms with van der Waals surface area (Å²) >= 11 is 1.48. The van der Waals surface area contributed by atoms with Gasteiger partial charge in [0, 0.05) is 16.6 Å². The Morgan fingerprint density at radius 1 is 1.12 bits per heavy atom. The molecule has 5 nitrogen and oxygen atoms in total. The third-order valence-corrected chi connectivity index (χ3v) is 7.82. The summed E-state index contributed by atoms with van der Waals surface area (Å²) in [7, 11) is 0. The van der Waals surface area contributed by atoms with Crippen LogP contribution in [0.1, 0.15) is 54.5 Å². The van der Waals surface area contributed by atoms with Crippen molar-refractivity contribution < 1.29 is 4.79 Å². The van der Waals surface area contributed by atoms with Gasteiger partial charge in [0.2, 0.25) is 5.91 Å². The number of para-hydroxylation sites is 1. The van der Waals surface area contributed by atoms with Gasteiger partial charge in [0.15, 0.2) is 0 Å². The Morgan fingerprint density at radius 2 is 1.85 bits per heavy atom. The highest BCUT2D eigenvalue weighted by Gasteiger charge is 2.24. The predicted molar refractivity (Wildman–Crippen MR) is 140 cm³/mol. The molecule has 0 radical (unpaired) electrons. The van der Waals surface area contributed by atoms with Crippen LogP contribution in [0.2, 0.25) is 0 Å². The highest BCUT2D eigenvalue weighted by atomic mass is 32.1. The molecule has 1 N–H and O–H groups in total. The number of carbonyl (C=O) groups is 1. The quantitative estimate of drug-likeness (QED) is 0.376. The molecule has 0 fully saturated rings. The molecule has 174 valence electrons. The van der Waals surface area contributed by atoms with E-state index < -0.39 is 6.04 Å². The van der Waals surface area contributed by atoms with Gasteiger partial charge in [-0.15, -0.1) is 11.3 Å². The minimum Gasteiger partial charge on any atom is -0.324 e. The van der Waals surface area contributed by atoms with Crippen molar-refractivity contribution in [3.63, 3.8) is 0 Å². The number of amides is 1. The summed E-state index contributed by atoms with van der Waals surface area (Å²) in [5.41, 5.74) is 7.39. The lowest BCUT2D eigenvalue weighted by Crippen LogP contribution is -2.33. The van der Waals surface area contributed by atoms with Crippen LogP contribution in [0, 0.1) is 13.8 Å². The van der Waals surface area contributed by atoms with Crippen molar-refractivity contribution in [1.29, 1.82) is 0 Å². The third kappa shape index (κ3) is 3.96. The van der Waals surface area contributed by atoms with Crippen molar-refractivity contribution in [2.45, 2.75) is 58.9 Å². The molecule has 1 unspecified atom stereocenters. The molecule has 1 amide bonds. The Bertz CT molecular complexity index is 1430. The van der Waals surface area contributed by atoms with Crippen molar-refractivity contribution in [3.05, 3.63) is 80.7 Å². The molecule has 1 atom stereocenters. The van der Waals surface area contributed by atoms with Crippen molar-refractivity contribution >= 4 is 33.1 Å². The molecule has 1 aliphatic carbocycles. The maximum atomic E-state index is 13.7. The van der Waals surface area contributed by atoms with E-state index in [1.54, 1.807) is 0 Å². The first-order valence-corrected chi connectivity index (χ1v) is 12.8. The molecule has 2 aromatic heterocycles. The second-order valence-corrected chi connectivity index (χ2v) is 10.0. The van der Waals surface area contributed by atoms with Crippen molar-refractivity contribution in [1.82, 2.24) is 9.55 Å². The Balaban J connectivity index is 1.55. The van der Waals surface area contributed by atoms with Gasteiger partial charge >= 0.3 is 0 Å². The number of thiophene rings is 1. The van der Waals surface area contributed by atoms with Crippen LogP contribution in [0.15, 0.2) is 52.9 Å². The van der Waals surface area contributed by atoms with E-state index in [9.17, 15) is 9.59 Å². The lowest BCUT2D eigenvalue weighted by molar-refractivity contribution is -0.119. The van der Waals surface area contributed by atoms with Gasteiger partial charge in [0.05, 0.1) is 11.7 Å². The van der Waals surface area contributed by atoms with Gasteiger partial charge in [-0.05, 0) is 73.8 Å². The van der Waals surface area contributed by atoms with E-state index in [0.717, 1.165) is 40.8 Å². The number of aromatic nitrogens is 2. The lowest BCUT2D eigenvalue weighted by Gasteiger charge is -2.19.